The zero-order valence-corrected chi connectivity index (χ0v) is 11.2. The van der Waals surface area contributed by atoms with Crippen LogP contribution in [-0.4, -0.2) is 11.7 Å². The van der Waals surface area contributed by atoms with Gasteiger partial charge < -0.3 is 10.0 Å². The molecule has 0 amide bonds. The van der Waals surface area contributed by atoms with Gasteiger partial charge in [-0.3, -0.25) is 0 Å². The minimum atomic E-state index is -0.236. The topological polar surface area (TPSA) is 23.5 Å². The predicted octanol–water partition coefficient (Wildman–Crippen LogP) is 3.78. The quantitative estimate of drug-likeness (QED) is 0.903. The molecule has 1 N–H and O–H groups in total. The van der Waals surface area contributed by atoms with Gasteiger partial charge in [0.15, 0.2) is 0 Å². The summed E-state index contributed by atoms with van der Waals surface area (Å²) in [7, 11) is 0. The molecule has 0 spiro atoms. The van der Waals surface area contributed by atoms with E-state index in [-0.39, 0.29) is 12.4 Å². The normalized spacial score (nSPS) is 10.5. The van der Waals surface area contributed by atoms with Gasteiger partial charge >= 0.3 is 0 Å². The fraction of sp³-hybridized carbons (Fsp3) is 0.250. The number of nitrogens with zero attached hydrogens (tertiary/aromatic N) is 1. The SMILES string of the molecule is CCN(c1cccc(F)c1)c1ccc(CO)c(C)c1. The molecular formula is C16H18FNO. The molecule has 0 aliphatic rings. The fourth-order valence-electron chi connectivity index (χ4n) is 2.18. The van der Waals surface area contributed by atoms with E-state index in [0.29, 0.717) is 0 Å². The molecule has 0 atom stereocenters. The molecule has 0 aliphatic heterocycles. The van der Waals surface area contributed by atoms with Gasteiger partial charge in [-0.05, 0) is 55.3 Å². The Bertz CT molecular complexity index is 568. The highest BCUT2D eigenvalue weighted by Gasteiger charge is 2.09. The molecule has 0 saturated heterocycles. The second-order valence-electron chi connectivity index (χ2n) is 4.49. The van der Waals surface area contributed by atoms with Crippen molar-refractivity contribution in [1.82, 2.24) is 0 Å². The third kappa shape index (κ3) is 2.93. The Kier molecular flexibility index (Phi) is 4.17. The van der Waals surface area contributed by atoms with Gasteiger partial charge in [0.1, 0.15) is 5.82 Å². The van der Waals surface area contributed by atoms with Crippen molar-refractivity contribution in [3.05, 3.63) is 59.4 Å². The van der Waals surface area contributed by atoms with Crippen LogP contribution in [0.2, 0.25) is 0 Å². The van der Waals surface area contributed by atoms with Gasteiger partial charge in [-0.1, -0.05) is 12.1 Å². The maximum Gasteiger partial charge on any atom is 0.125 e. The van der Waals surface area contributed by atoms with Crippen molar-refractivity contribution in [3.8, 4) is 0 Å². The van der Waals surface area contributed by atoms with Crippen molar-refractivity contribution in [3.63, 3.8) is 0 Å². The molecule has 0 unspecified atom stereocenters. The van der Waals surface area contributed by atoms with Crippen LogP contribution < -0.4 is 4.90 Å². The number of aryl methyl sites for hydroxylation is 1. The van der Waals surface area contributed by atoms with E-state index < -0.39 is 0 Å². The maximum atomic E-state index is 13.3. The molecule has 2 nitrogen and oxygen atoms in total. The van der Waals surface area contributed by atoms with E-state index in [1.807, 2.05) is 43.0 Å². The molecule has 0 aromatic heterocycles. The molecule has 0 bridgehead atoms. The molecule has 100 valence electrons. The molecule has 2 aromatic carbocycles. The zero-order valence-electron chi connectivity index (χ0n) is 11.2. The monoisotopic (exact) mass is 259 g/mol. The first-order chi connectivity index (χ1) is 9.15. The molecule has 0 saturated carbocycles. The summed E-state index contributed by atoms with van der Waals surface area (Å²) in [5.41, 5.74) is 3.79. The molecule has 2 rings (SSSR count). The van der Waals surface area contributed by atoms with Crippen molar-refractivity contribution in [2.45, 2.75) is 20.5 Å². The van der Waals surface area contributed by atoms with Crippen LogP contribution in [-0.2, 0) is 6.61 Å². The van der Waals surface area contributed by atoms with Crippen LogP contribution in [0.4, 0.5) is 15.8 Å². The van der Waals surface area contributed by atoms with Gasteiger partial charge in [-0.2, -0.15) is 0 Å². The number of rotatable bonds is 4. The minimum absolute atomic E-state index is 0.0399. The molecule has 2 aromatic rings. The zero-order chi connectivity index (χ0) is 13.8. The molecule has 19 heavy (non-hydrogen) atoms. The lowest BCUT2D eigenvalue weighted by molar-refractivity contribution is 0.281. The highest BCUT2D eigenvalue weighted by Crippen LogP contribution is 2.27. The number of benzene rings is 2. The van der Waals surface area contributed by atoms with Gasteiger partial charge in [0.25, 0.3) is 0 Å². The lowest BCUT2D eigenvalue weighted by atomic mass is 10.1. The largest absolute Gasteiger partial charge is 0.392 e. The van der Waals surface area contributed by atoms with Crippen LogP contribution in [0, 0.1) is 12.7 Å². The summed E-state index contributed by atoms with van der Waals surface area (Å²) < 4.78 is 13.3. The average molecular weight is 259 g/mol. The Morgan fingerprint density at radius 1 is 1.11 bits per heavy atom. The highest BCUT2D eigenvalue weighted by atomic mass is 19.1. The first kappa shape index (κ1) is 13.6. The predicted molar refractivity (Wildman–Crippen MR) is 76.2 cm³/mol. The lowest BCUT2D eigenvalue weighted by Crippen LogP contribution is -2.16. The molecule has 0 aliphatic carbocycles. The fourth-order valence-corrected chi connectivity index (χ4v) is 2.18. The molecular weight excluding hydrogens is 241 g/mol. The minimum Gasteiger partial charge on any atom is -0.392 e. The van der Waals surface area contributed by atoms with Crippen molar-refractivity contribution in [2.24, 2.45) is 0 Å². The Morgan fingerprint density at radius 3 is 2.42 bits per heavy atom. The number of hydrogen-bond donors (Lipinski definition) is 1. The number of anilines is 2. The van der Waals surface area contributed by atoms with Gasteiger partial charge in [0.2, 0.25) is 0 Å². The summed E-state index contributed by atoms with van der Waals surface area (Å²) in [5.74, 6) is -0.236. The molecule has 3 heteroatoms. The van der Waals surface area contributed by atoms with Crippen molar-refractivity contribution in [2.75, 3.05) is 11.4 Å². The third-order valence-corrected chi connectivity index (χ3v) is 3.24. The summed E-state index contributed by atoms with van der Waals surface area (Å²) in [6.45, 7) is 4.79. The molecule has 0 heterocycles. The van der Waals surface area contributed by atoms with E-state index in [9.17, 15) is 9.50 Å². The Labute approximate surface area is 113 Å². The molecule has 0 fully saturated rings. The van der Waals surface area contributed by atoms with E-state index in [1.165, 1.54) is 12.1 Å². The summed E-state index contributed by atoms with van der Waals surface area (Å²) >= 11 is 0. The maximum absolute atomic E-state index is 13.3. The van der Waals surface area contributed by atoms with Crippen LogP contribution in [0.1, 0.15) is 18.1 Å². The van der Waals surface area contributed by atoms with E-state index in [4.69, 9.17) is 0 Å². The smallest absolute Gasteiger partial charge is 0.125 e. The number of aliphatic hydroxyl groups excluding tert-OH is 1. The second-order valence-corrected chi connectivity index (χ2v) is 4.49. The van der Waals surface area contributed by atoms with Crippen molar-refractivity contribution < 1.29 is 9.50 Å². The number of hydrogen-bond acceptors (Lipinski definition) is 2. The van der Waals surface area contributed by atoms with Crippen molar-refractivity contribution >= 4 is 11.4 Å². The van der Waals surface area contributed by atoms with E-state index in [0.717, 1.165) is 29.0 Å². The summed E-state index contributed by atoms with van der Waals surface area (Å²) in [4.78, 5) is 2.04. The summed E-state index contributed by atoms with van der Waals surface area (Å²) in [6, 6.07) is 12.4. The Hall–Kier alpha value is -1.87. The summed E-state index contributed by atoms with van der Waals surface area (Å²) in [6.07, 6.45) is 0. The third-order valence-electron chi connectivity index (χ3n) is 3.24. The first-order valence-electron chi connectivity index (χ1n) is 6.39. The van der Waals surface area contributed by atoms with Gasteiger partial charge in [-0.15, -0.1) is 0 Å². The number of halogens is 1. The first-order valence-corrected chi connectivity index (χ1v) is 6.39. The van der Waals surface area contributed by atoms with Gasteiger partial charge in [0, 0.05) is 17.9 Å². The van der Waals surface area contributed by atoms with E-state index >= 15 is 0 Å². The summed E-state index contributed by atoms with van der Waals surface area (Å²) in [5, 5.41) is 9.20. The van der Waals surface area contributed by atoms with Crippen molar-refractivity contribution in [1.29, 1.82) is 0 Å². The molecule has 0 radical (unpaired) electrons. The van der Waals surface area contributed by atoms with Crippen LogP contribution in [0.3, 0.4) is 0 Å². The van der Waals surface area contributed by atoms with Crippen LogP contribution in [0.25, 0.3) is 0 Å². The van der Waals surface area contributed by atoms with Crippen LogP contribution in [0.5, 0.6) is 0 Å². The van der Waals surface area contributed by atoms with E-state index in [1.54, 1.807) is 6.07 Å². The Morgan fingerprint density at radius 2 is 1.84 bits per heavy atom. The standard InChI is InChI=1S/C16H18FNO/c1-3-18(15-6-4-5-14(17)10-15)16-8-7-13(11-19)12(2)9-16/h4-10,19H,3,11H2,1-2H3. The van der Waals surface area contributed by atoms with E-state index in [2.05, 4.69) is 0 Å². The van der Waals surface area contributed by atoms with Gasteiger partial charge in [0.05, 0.1) is 6.61 Å². The Balaban J connectivity index is 2.39. The lowest BCUT2D eigenvalue weighted by Gasteiger charge is -2.24. The highest BCUT2D eigenvalue weighted by molar-refractivity contribution is 5.64. The average Bonchev–Trinajstić information content (AvgIpc) is 2.40. The second kappa shape index (κ2) is 5.85. The van der Waals surface area contributed by atoms with Gasteiger partial charge in [-0.25, -0.2) is 4.39 Å². The van der Waals surface area contributed by atoms with Crippen LogP contribution in [0.15, 0.2) is 42.5 Å². The number of aliphatic hydroxyl groups is 1. The van der Waals surface area contributed by atoms with Crippen LogP contribution >= 0.6 is 0 Å².